The van der Waals surface area contributed by atoms with E-state index in [4.69, 9.17) is 9.15 Å². The van der Waals surface area contributed by atoms with E-state index in [0.29, 0.717) is 25.3 Å². The van der Waals surface area contributed by atoms with E-state index in [-0.39, 0.29) is 5.91 Å². The molecule has 2 aromatic heterocycles. The summed E-state index contributed by atoms with van der Waals surface area (Å²) >= 11 is 0. The summed E-state index contributed by atoms with van der Waals surface area (Å²) < 4.78 is 10.7. The number of hydrogen-bond acceptors (Lipinski definition) is 4. The Kier molecular flexibility index (Phi) is 5.46. The van der Waals surface area contributed by atoms with Crippen molar-refractivity contribution >= 4 is 5.91 Å². The highest BCUT2D eigenvalue weighted by Crippen LogP contribution is 2.18. The van der Waals surface area contributed by atoms with E-state index >= 15 is 0 Å². The molecule has 1 amide bonds. The van der Waals surface area contributed by atoms with Crippen LogP contribution in [0.25, 0.3) is 11.5 Å². The van der Waals surface area contributed by atoms with Crippen molar-refractivity contribution in [3.63, 3.8) is 0 Å². The van der Waals surface area contributed by atoms with Gasteiger partial charge in [-0.25, -0.2) is 0 Å². The van der Waals surface area contributed by atoms with Crippen molar-refractivity contribution in [1.29, 1.82) is 0 Å². The number of nitrogens with zero attached hydrogens (tertiary/aromatic N) is 1. The summed E-state index contributed by atoms with van der Waals surface area (Å²) in [5.41, 5.74) is 2.68. The molecule has 0 spiro atoms. The summed E-state index contributed by atoms with van der Waals surface area (Å²) in [7, 11) is 0. The maximum Gasteiger partial charge on any atom is 0.224 e. The predicted molar refractivity (Wildman–Crippen MR) is 95.1 cm³/mol. The summed E-state index contributed by atoms with van der Waals surface area (Å²) in [4.78, 5) is 16.4. The molecule has 0 saturated carbocycles. The second kappa shape index (κ2) is 8.15. The first-order valence-electron chi connectivity index (χ1n) is 8.22. The van der Waals surface area contributed by atoms with Gasteiger partial charge in [0.15, 0.2) is 5.76 Å². The van der Waals surface area contributed by atoms with Crippen LogP contribution in [0, 0.1) is 0 Å². The molecule has 1 aromatic carbocycles. The van der Waals surface area contributed by atoms with Crippen molar-refractivity contribution < 1.29 is 13.9 Å². The molecule has 0 saturated heterocycles. The lowest BCUT2D eigenvalue weighted by Gasteiger charge is -2.07. The van der Waals surface area contributed by atoms with Gasteiger partial charge in [0, 0.05) is 12.7 Å². The summed E-state index contributed by atoms with van der Waals surface area (Å²) in [6.07, 6.45) is 3.66. The highest BCUT2D eigenvalue weighted by atomic mass is 16.5. The van der Waals surface area contributed by atoms with Gasteiger partial charge >= 0.3 is 0 Å². The number of amides is 1. The van der Waals surface area contributed by atoms with Crippen LogP contribution in [0.1, 0.15) is 18.1 Å². The molecule has 0 unspecified atom stereocenters. The smallest absolute Gasteiger partial charge is 0.224 e. The molecule has 3 rings (SSSR count). The molecule has 0 aliphatic carbocycles. The van der Waals surface area contributed by atoms with Crippen LogP contribution in [-0.2, 0) is 17.8 Å². The van der Waals surface area contributed by atoms with Gasteiger partial charge in [0.2, 0.25) is 5.91 Å². The molecule has 25 heavy (non-hydrogen) atoms. The summed E-state index contributed by atoms with van der Waals surface area (Å²) in [6, 6.07) is 15.0. The van der Waals surface area contributed by atoms with E-state index in [1.165, 1.54) is 0 Å². The SMILES string of the molecule is CCOc1ccc(CC(=O)NCc2ccnc(-c3ccco3)c2)cc1. The fraction of sp³-hybridized carbons (Fsp3) is 0.200. The first-order chi connectivity index (χ1) is 12.2. The number of carbonyl (C=O) groups excluding carboxylic acids is 1. The molecule has 0 aliphatic heterocycles. The topological polar surface area (TPSA) is 64.4 Å². The maximum absolute atomic E-state index is 12.1. The third kappa shape index (κ3) is 4.70. The quantitative estimate of drug-likeness (QED) is 0.716. The van der Waals surface area contributed by atoms with Gasteiger partial charge in [0.25, 0.3) is 0 Å². The Hall–Kier alpha value is -3.08. The second-order valence-electron chi connectivity index (χ2n) is 5.56. The highest BCUT2D eigenvalue weighted by molar-refractivity contribution is 5.78. The molecule has 128 valence electrons. The van der Waals surface area contributed by atoms with Crippen molar-refractivity contribution in [2.45, 2.75) is 19.9 Å². The lowest BCUT2D eigenvalue weighted by molar-refractivity contribution is -0.120. The first kappa shape index (κ1) is 16.8. The molecule has 5 heteroatoms. The molecule has 2 heterocycles. The van der Waals surface area contributed by atoms with Gasteiger partial charge in [-0.2, -0.15) is 0 Å². The van der Waals surface area contributed by atoms with Gasteiger partial charge in [-0.3, -0.25) is 9.78 Å². The van der Waals surface area contributed by atoms with Crippen LogP contribution in [0.15, 0.2) is 65.4 Å². The number of benzene rings is 1. The number of furan rings is 1. The van der Waals surface area contributed by atoms with Crippen molar-refractivity contribution in [3.05, 3.63) is 72.1 Å². The number of ether oxygens (including phenoxy) is 1. The number of pyridine rings is 1. The van der Waals surface area contributed by atoms with Crippen molar-refractivity contribution in [1.82, 2.24) is 10.3 Å². The van der Waals surface area contributed by atoms with Gasteiger partial charge in [0.05, 0.1) is 19.3 Å². The number of nitrogens with one attached hydrogen (secondary N) is 1. The number of aromatic nitrogens is 1. The van der Waals surface area contributed by atoms with Crippen LogP contribution >= 0.6 is 0 Å². The second-order valence-corrected chi connectivity index (χ2v) is 5.56. The molecular weight excluding hydrogens is 316 g/mol. The zero-order valence-corrected chi connectivity index (χ0v) is 14.1. The van der Waals surface area contributed by atoms with E-state index < -0.39 is 0 Å². The van der Waals surface area contributed by atoms with Crippen molar-refractivity contribution in [2.75, 3.05) is 6.61 Å². The Morgan fingerprint density at radius 2 is 2.00 bits per heavy atom. The lowest BCUT2D eigenvalue weighted by Crippen LogP contribution is -2.24. The Balaban J connectivity index is 1.54. The van der Waals surface area contributed by atoms with Gasteiger partial charge in [-0.15, -0.1) is 0 Å². The molecule has 5 nitrogen and oxygen atoms in total. The van der Waals surface area contributed by atoms with Crippen LogP contribution < -0.4 is 10.1 Å². The zero-order valence-electron chi connectivity index (χ0n) is 14.1. The zero-order chi connectivity index (χ0) is 17.5. The average molecular weight is 336 g/mol. The van der Waals surface area contributed by atoms with Gasteiger partial charge < -0.3 is 14.5 Å². The fourth-order valence-corrected chi connectivity index (χ4v) is 2.46. The molecule has 0 atom stereocenters. The predicted octanol–water partition coefficient (Wildman–Crippen LogP) is 3.60. The third-order valence-corrected chi connectivity index (χ3v) is 3.69. The van der Waals surface area contributed by atoms with E-state index in [2.05, 4.69) is 10.3 Å². The van der Waals surface area contributed by atoms with Crippen LogP contribution in [0.3, 0.4) is 0 Å². The first-order valence-corrected chi connectivity index (χ1v) is 8.22. The monoisotopic (exact) mass is 336 g/mol. The maximum atomic E-state index is 12.1. The van der Waals surface area contributed by atoms with Gasteiger partial charge in [-0.05, 0) is 54.4 Å². The van der Waals surface area contributed by atoms with E-state index in [0.717, 1.165) is 22.6 Å². The van der Waals surface area contributed by atoms with E-state index in [9.17, 15) is 4.79 Å². The molecule has 3 aromatic rings. The number of rotatable bonds is 7. The molecule has 0 aliphatic rings. The minimum absolute atomic E-state index is 0.0273. The molecule has 1 N–H and O–H groups in total. The van der Waals surface area contributed by atoms with Crippen molar-refractivity contribution in [2.24, 2.45) is 0 Å². The highest BCUT2D eigenvalue weighted by Gasteiger charge is 2.06. The number of carbonyl (C=O) groups is 1. The normalized spacial score (nSPS) is 10.4. The molecule has 0 fully saturated rings. The minimum Gasteiger partial charge on any atom is -0.494 e. The molecular formula is C20H20N2O3. The third-order valence-electron chi connectivity index (χ3n) is 3.69. The summed E-state index contributed by atoms with van der Waals surface area (Å²) in [5.74, 6) is 1.50. The van der Waals surface area contributed by atoms with Crippen molar-refractivity contribution in [3.8, 4) is 17.2 Å². The Morgan fingerprint density at radius 1 is 1.16 bits per heavy atom. The minimum atomic E-state index is -0.0273. The average Bonchev–Trinajstić information content (AvgIpc) is 3.17. The standard InChI is InChI=1S/C20H20N2O3/c1-2-24-17-7-5-15(6-8-17)13-20(23)22-14-16-9-10-21-18(12-16)19-4-3-11-25-19/h3-12H,2,13-14H2,1H3,(H,22,23). The summed E-state index contributed by atoms with van der Waals surface area (Å²) in [6.45, 7) is 3.02. The van der Waals surface area contributed by atoms with Crippen LogP contribution in [0.4, 0.5) is 0 Å². The van der Waals surface area contributed by atoms with Crippen LogP contribution in [0.5, 0.6) is 5.75 Å². The Labute approximate surface area is 146 Å². The Morgan fingerprint density at radius 3 is 2.72 bits per heavy atom. The Bertz CT molecular complexity index is 811. The van der Waals surface area contributed by atoms with E-state index in [1.807, 2.05) is 55.5 Å². The van der Waals surface area contributed by atoms with Gasteiger partial charge in [-0.1, -0.05) is 12.1 Å². The van der Waals surface area contributed by atoms with E-state index in [1.54, 1.807) is 12.5 Å². The summed E-state index contributed by atoms with van der Waals surface area (Å²) in [5, 5.41) is 2.93. The molecule has 0 bridgehead atoms. The van der Waals surface area contributed by atoms with Crippen LogP contribution in [-0.4, -0.2) is 17.5 Å². The van der Waals surface area contributed by atoms with Gasteiger partial charge in [0.1, 0.15) is 11.4 Å². The largest absolute Gasteiger partial charge is 0.494 e. The number of hydrogen-bond donors (Lipinski definition) is 1. The molecule has 0 radical (unpaired) electrons. The fourth-order valence-electron chi connectivity index (χ4n) is 2.46. The van der Waals surface area contributed by atoms with Crippen LogP contribution in [0.2, 0.25) is 0 Å². The lowest BCUT2D eigenvalue weighted by atomic mass is 10.1.